The summed E-state index contributed by atoms with van der Waals surface area (Å²) in [6, 6.07) is 0. The van der Waals surface area contributed by atoms with Crippen LogP contribution < -0.4 is 5.32 Å². The van der Waals surface area contributed by atoms with E-state index in [0.717, 1.165) is 5.70 Å². The standard InChI is InChI=1S/C10H13NO2/c1-8(10(12)13-2)9-6-4-3-5-7-11-9/h3-8,11H,1-2H3. The maximum Gasteiger partial charge on any atom is 0.314 e. The minimum atomic E-state index is -0.252. The summed E-state index contributed by atoms with van der Waals surface area (Å²) in [7, 11) is 1.39. The van der Waals surface area contributed by atoms with Crippen LogP contribution in [-0.4, -0.2) is 13.1 Å². The summed E-state index contributed by atoms with van der Waals surface area (Å²) < 4.78 is 4.64. The van der Waals surface area contributed by atoms with E-state index >= 15 is 0 Å². The van der Waals surface area contributed by atoms with Crippen LogP contribution >= 0.6 is 0 Å². The molecule has 1 rings (SSSR count). The maximum atomic E-state index is 11.2. The Bertz CT molecular complexity index is 277. The van der Waals surface area contributed by atoms with Gasteiger partial charge in [0.2, 0.25) is 0 Å². The van der Waals surface area contributed by atoms with E-state index in [-0.39, 0.29) is 11.9 Å². The van der Waals surface area contributed by atoms with Gasteiger partial charge in [0.25, 0.3) is 0 Å². The quantitative estimate of drug-likeness (QED) is 0.650. The predicted molar refractivity (Wildman–Crippen MR) is 50.7 cm³/mol. The van der Waals surface area contributed by atoms with Crippen LogP contribution in [0.4, 0.5) is 0 Å². The van der Waals surface area contributed by atoms with Gasteiger partial charge in [-0.2, -0.15) is 0 Å². The van der Waals surface area contributed by atoms with Crippen molar-refractivity contribution in [3.63, 3.8) is 0 Å². The average Bonchev–Trinajstić information content (AvgIpc) is 2.43. The van der Waals surface area contributed by atoms with Crippen molar-refractivity contribution in [1.82, 2.24) is 5.32 Å². The largest absolute Gasteiger partial charge is 0.469 e. The van der Waals surface area contributed by atoms with Crippen LogP contribution in [0, 0.1) is 5.92 Å². The molecule has 0 amide bonds. The SMILES string of the molecule is COC(=O)C(C)C1=CC=CC=CN1. The lowest BCUT2D eigenvalue weighted by atomic mass is 10.1. The molecule has 1 atom stereocenters. The van der Waals surface area contributed by atoms with E-state index in [0.29, 0.717) is 0 Å². The summed E-state index contributed by atoms with van der Waals surface area (Å²) in [6.07, 6.45) is 9.29. The second kappa shape index (κ2) is 4.50. The Morgan fingerprint density at radius 1 is 1.46 bits per heavy atom. The first kappa shape index (κ1) is 9.58. The summed E-state index contributed by atoms with van der Waals surface area (Å²) in [5, 5.41) is 3.01. The number of nitrogens with one attached hydrogen (secondary N) is 1. The predicted octanol–water partition coefficient (Wildman–Crippen LogP) is 1.35. The second-order valence-corrected chi connectivity index (χ2v) is 2.76. The zero-order valence-electron chi connectivity index (χ0n) is 7.78. The highest BCUT2D eigenvalue weighted by molar-refractivity contribution is 5.75. The number of esters is 1. The lowest BCUT2D eigenvalue weighted by Crippen LogP contribution is -2.21. The van der Waals surface area contributed by atoms with Gasteiger partial charge in [-0.3, -0.25) is 4.79 Å². The molecule has 0 aliphatic carbocycles. The lowest BCUT2D eigenvalue weighted by molar-refractivity contribution is -0.143. The minimum Gasteiger partial charge on any atom is -0.469 e. The fourth-order valence-corrected chi connectivity index (χ4v) is 1.04. The first-order valence-electron chi connectivity index (χ1n) is 4.13. The molecule has 1 N–H and O–H groups in total. The molecule has 3 heteroatoms. The summed E-state index contributed by atoms with van der Waals surface area (Å²) in [4.78, 5) is 11.2. The van der Waals surface area contributed by atoms with Gasteiger partial charge in [-0.05, 0) is 19.1 Å². The Balaban J connectivity index is 2.71. The number of carbonyl (C=O) groups is 1. The number of hydrogen-bond donors (Lipinski definition) is 1. The summed E-state index contributed by atoms with van der Waals surface area (Å²) in [5.41, 5.74) is 0.844. The van der Waals surface area contributed by atoms with Gasteiger partial charge in [-0.1, -0.05) is 12.2 Å². The highest BCUT2D eigenvalue weighted by Gasteiger charge is 2.17. The van der Waals surface area contributed by atoms with Crippen molar-refractivity contribution in [3.8, 4) is 0 Å². The number of allylic oxidation sites excluding steroid dienone is 4. The van der Waals surface area contributed by atoms with Crippen molar-refractivity contribution in [3.05, 3.63) is 36.2 Å². The molecule has 70 valence electrons. The molecule has 3 nitrogen and oxygen atoms in total. The molecule has 0 bridgehead atoms. The fraction of sp³-hybridized carbons (Fsp3) is 0.300. The first-order valence-corrected chi connectivity index (χ1v) is 4.13. The molecule has 0 aromatic rings. The van der Waals surface area contributed by atoms with Crippen molar-refractivity contribution < 1.29 is 9.53 Å². The fourth-order valence-electron chi connectivity index (χ4n) is 1.04. The second-order valence-electron chi connectivity index (χ2n) is 2.76. The summed E-state index contributed by atoms with van der Waals surface area (Å²) in [6.45, 7) is 1.80. The topological polar surface area (TPSA) is 38.3 Å². The molecule has 1 aliphatic rings. The van der Waals surface area contributed by atoms with Crippen LogP contribution in [0.3, 0.4) is 0 Å². The molecule has 0 radical (unpaired) electrons. The van der Waals surface area contributed by atoms with Crippen LogP contribution in [0.25, 0.3) is 0 Å². The van der Waals surface area contributed by atoms with Crippen molar-refractivity contribution in [1.29, 1.82) is 0 Å². The third kappa shape index (κ3) is 2.47. The summed E-state index contributed by atoms with van der Waals surface area (Å²) >= 11 is 0. The number of rotatable bonds is 2. The smallest absolute Gasteiger partial charge is 0.314 e. The maximum absolute atomic E-state index is 11.2. The molecule has 0 saturated carbocycles. The van der Waals surface area contributed by atoms with Crippen LogP contribution in [0.5, 0.6) is 0 Å². The van der Waals surface area contributed by atoms with Gasteiger partial charge in [0.15, 0.2) is 0 Å². The third-order valence-electron chi connectivity index (χ3n) is 1.87. The van der Waals surface area contributed by atoms with Gasteiger partial charge in [0.1, 0.15) is 0 Å². The van der Waals surface area contributed by atoms with Crippen LogP contribution in [0.1, 0.15) is 6.92 Å². The molecule has 13 heavy (non-hydrogen) atoms. The molecule has 0 aromatic carbocycles. The molecule has 0 spiro atoms. The first-order chi connectivity index (χ1) is 6.25. The summed E-state index contributed by atoms with van der Waals surface area (Å²) in [5.74, 6) is -0.486. The Kier molecular flexibility index (Phi) is 3.31. The number of methoxy groups -OCH3 is 1. The van der Waals surface area contributed by atoms with E-state index in [1.165, 1.54) is 7.11 Å². The van der Waals surface area contributed by atoms with Crippen molar-refractivity contribution in [2.75, 3.05) is 7.11 Å². The van der Waals surface area contributed by atoms with E-state index in [1.807, 2.05) is 24.3 Å². The third-order valence-corrected chi connectivity index (χ3v) is 1.87. The Labute approximate surface area is 77.8 Å². The Hall–Kier alpha value is -1.51. The van der Waals surface area contributed by atoms with Gasteiger partial charge in [0, 0.05) is 11.9 Å². The highest BCUT2D eigenvalue weighted by atomic mass is 16.5. The number of ether oxygens (including phenoxy) is 1. The normalized spacial score (nSPS) is 16.9. The molecule has 0 fully saturated rings. The van der Waals surface area contributed by atoms with Crippen molar-refractivity contribution in [2.45, 2.75) is 6.92 Å². The van der Waals surface area contributed by atoms with E-state index in [2.05, 4.69) is 10.1 Å². The van der Waals surface area contributed by atoms with Gasteiger partial charge >= 0.3 is 5.97 Å². The van der Waals surface area contributed by atoms with Crippen molar-refractivity contribution in [2.24, 2.45) is 5.92 Å². The van der Waals surface area contributed by atoms with Crippen LogP contribution in [-0.2, 0) is 9.53 Å². The van der Waals surface area contributed by atoms with Gasteiger partial charge in [0.05, 0.1) is 13.0 Å². The lowest BCUT2D eigenvalue weighted by Gasteiger charge is -2.12. The van der Waals surface area contributed by atoms with E-state index in [1.54, 1.807) is 13.1 Å². The zero-order valence-corrected chi connectivity index (χ0v) is 7.78. The van der Waals surface area contributed by atoms with Gasteiger partial charge in [-0.25, -0.2) is 0 Å². The van der Waals surface area contributed by atoms with E-state index < -0.39 is 0 Å². The molecule has 1 heterocycles. The highest BCUT2D eigenvalue weighted by Crippen LogP contribution is 2.10. The van der Waals surface area contributed by atoms with Crippen LogP contribution in [0.15, 0.2) is 36.2 Å². The Morgan fingerprint density at radius 3 is 2.92 bits per heavy atom. The molecular formula is C10H13NO2. The minimum absolute atomic E-state index is 0.234. The van der Waals surface area contributed by atoms with Gasteiger partial charge < -0.3 is 10.1 Å². The molecule has 1 aliphatic heterocycles. The van der Waals surface area contributed by atoms with Crippen LogP contribution in [0.2, 0.25) is 0 Å². The van der Waals surface area contributed by atoms with Crippen molar-refractivity contribution >= 4 is 5.97 Å². The Morgan fingerprint density at radius 2 is 2.23 bits per heavy atom. The monoisotopic (exact) mass is 179 g/mol. The van der Waals surface area contributed by atoms with E-state index in [4.69, 9.17) is 0 Å². The molecular weight excluding hydrogens is 166 g/mol. The molecule has 1 unspecified atom stereocenters. The molecule has 0 aromatic heterocycles. The molecule has 0 saturated heterocycles. The number of carbonyl (C=O) groups excluding carboxylic acids is 1. The average molecular weight is 179 g/mol. The van der Waals surface area contributed by atoms with E-state index in [9.17, 15) is 4.79 Å². The zero-order chi connectivity index (χ0) is 9.68. The number of hydrogen-bond acceptors (Lipinski definition) is 3. The van der Waals surface area contributed by atoms with Gasteiger partial charge in [-0.15, -0.1) is 0 Å².